The van der Waals surface area contributed by atoms with Crippen LogP contribution in [0.15, 0.2) is 72.8 Å². The van der Waals surface area contributed by atoms with Gasteiger partial charge in [-0.3, -0.25) is 0 Å². The lowest BCUT2D eigenvalue weighted by Gasteiger charge is -2.16. The fourth-order valence-electron chi connectivity index (χ4n) is 4.71. The molecule has 0 saturated carbocycles. The molecule has 0 saturated heterocycles. The molecule has 200 valence electrons. The molecule has 1 atom stereocenters. The number of hydrogen-bond donors (Lipinski definition) is 2. The Bertz CT molecular complexity index is 1500. The average molecular weight is 566 g/mol. The first-order valence-electron chi connectivity index (χ1n) is 12.6. The highest BCUT2D eigenvalue weighted by Crippen LogP contribution is 2.39. The fraction of sp³-hybridized carbons (Fsp3) is 0.200. The number of allylic oxidation sites excluding steroid dienone is 1. The summed E-state index contributed by atoms with van der Waals surface area (Å²) in [5.41, 5.74) is 4.66. The summed E-state index contributed by atoms with van der Waals surface area (Å²) in [7, 11) is 0. The first-order chi connectivity index (χ1) is 18.9. The largest absolute Gasteiger partial charge is 0.414 e. The molecule has 0 radical (unpaired) electrons. The number of hydrogen-bond acceptors (Lipinski definition) is 4. The van der Waals surface area contributed by atoms with Gasteiger partial charge < -0.3 is 15.2 Å². The fourth-order valence-corrected chi connectivity index (χ4v) is 5.20. The van der Waals surface area contributed by atoms with E-state index >= 15 is 0 Å². The molecule has 3 aromatic carbocycles. The number of aromatic nitrogens is 2. The normalized spacial score (nSPS) is 14.9. The number of halogens is 3. The SMILES string of the molecule is O=C(N[C@H](CO)c1ccccc1)Oc1nn(-c2ccc(Cl)cc2Cl)c2c1CCCC/C2=C\c1ccc(F)cc1. The van der Waals surface area contributed by atoms with Gasteiger partial charge in [-0.15, -0.1) is 5.10 Å². The highest BCUT2D eigenvalue weighted by Gasteiger charge is 2.28. The Morgan fingerprint density at radius 3 is 2.54 bits per heavy atom. The predicted molar refractivity (Wildman–Crippen MR) is 151 cm³/mol. The number of ether oxygens (including phenoxy) is 1. The van der Waals surface area contributed by atoms with Crippen molar-refractivity contribution in [2.75, 3.05) is 6.61 Å². The van der Waals surface area contributed by atoms with Crippen LogP contribution in [-0.2, 0) is 6.42 Å². The van der Waals surface area contributed by atoms with Crippen molar-refractivity contribution in [1.29, 1.82) is 0 Å². The summed E-state index contributed by atoms with van der Waals surface area (Å²) < 4.78 is 21.0. The number of amides is 1. The maximum Gasteiger partial charge on any atom is 0.414 e. The summed E-state index contributed by atoms with van der Waals surface area (Å²) in [6, 6.07) is 19.9. The van der Waals surface area contributed by atoms with Gasteiger partial charge in [0, 0.05) is 10.6 Å². The minimum absolute atomic E-state index is 0.158. The number of benzene rings is 3. The predicted octanol–water partition coefficient (Wildman–Crippen LogP) is 7.41. The molecular weight excluding hydrogens is 540 g/mol. The highest BCUT2D eigenvalue weighted by molar-refractivity contribution is 6.35. The van der Waals surface area contributed by atoms with E-state index in [0.29, 0.717) is 22.2 Å². The van der Waals surface area contributed by atoms with Crippen LogP contribution >= 0.6 is 23.2 Å². The number of carbonyl (C=O) groups is 1. The quantitative estimate of drug-likeness (QED) is 0.239. The first kappa shape index (κ1) is 26.9. The number of aliphatic hydroxyl groups is 1. The van der Waals surface area contributed by atoms with Gasteiger partial charge >= 0.3 is 6.09 Å². The Balaban J connectivity index is 1.56. The molecule has 2 N–H and O–H groups in total. The van der Waals surface area contributed by atoms with E-state index in [0.717, 1.165) is 47.2 Å². The lowest BCUT2D eigenvalue weighted by molar-refractivity contribution is 0.181. The molecule has 1 aliphatic carbocycles. The van der Waals surface area contributed by atoms with E-state index in [4.69, 9.17) is 27.9 Å². The summed E-state index contributed by atoms with van der Waals surface area (Å²) in [6.45, 7) is -0.295. The lowest BCUT2D eigenvalue weighted by Crippen LogP contribution is -2.33. The number of aliphatic hydroxyl groups excluding tert-OH is 1. The molecule has 9 heteroatoms. The van der Waals surface area contributed by atoms with E-state index in [9.17, 15) is 14.3 Å². The molecule has 0 fully saturated rings. The van der Waals surface area contributed by atoms with Crippen LogP contribution in [0.2, 0.25) is 10.0 Å². The first-order valence-corrected chi connectivity index (χ1v) is 13.4. The van der Waals surface area contributed by atoms with Crippen molar-refractivity contribution < 1.29 is 19.0 Å². The summed E-state index contributed by atoms with van der Waals surface area (Å²) >= 11 is 12.7. The molecular formula is C30H26Cl2FN3O3. The molecule has 1 amide bonds. The zero-order valence-electron chi connectivity index (χ0n) is 20.9. The summed E-state index contributed by atoms with van der Waals surface area (Å²) in [4.78, 5) is 13.0. The number of rotatable bonds is 6. The Morgan fingerprint density at radius 1 is 1.08 bits per heavy atom. The minimum Gasteiger partial charge on any atom is -0.394 e. The summed E-state index contributed by atoms with van der Waals surface area (Å²) in [5.74, 6) is -0.153. The molecule has 0 unspecified atom stereocenters. The summed E-state index contributed by atoms with van der Waals surface area (Å²) in [5, 5.41) is 18.2. The van der Waals surface area contributed by atoms with E-state index in [1.165, 1.54) is 12.1 Å². The third-order valence-electron chi connectivity index (χ3n) is 6.59. The third kappa shape index (κ3) is 6.17. The van der Waals surface area contributed by atoms with Crippen LogP contribution in [0.1, 0.15) is 47.7 Å². The van der Waals surface area contributed by atoms with Gasteiger partial charge in [0.05, 0.1) is 29.1 Å². The van der Waals surface area contributed by atoms with Crippen LogP contribution in [-0.4, -0.2) is 27.6 Å². The number of nitrogens with zero attached hydrogens (tertiary/aromatic N) is 2. The topological polar surface area (TPSA) is 76.4 Å². The monoisotopic (exact) mass is 565 g/mol. The Morgan fingerprint density at radius 2 is 1.82 bits per heavy atom. The van der Waals surface area contributed by atoms with Crippen molar-refractivity contribution in [3.8, 4) is 11.6 Å². The van der Waals surface area contributed by atoms with Crippen molar-refractivity contribution in [2.45, 2.75) is 31.7 Å². The van der Waals surface area contributed by atoms with Gasteiger partial charge in [0.2, 0.25) is 5.88 Å². The van der Waals surface area contributed by atoms with Gasteiger partial charge in [-0.05, 0) is 78.8 Å². The van der Waals surface area contributed by atoms with Crippen LogP contribution in [0.3, 0.4) is 0 Å². The molecule has 1 aromatic heterocycles. The van der Waals surface area contributed by atoms with E-state index in [1.54, 1.807) is 35.0 Å². The number of nitrogens with one attached hydrogen (secondary N) is 1. The lowest BCUT2D eigenvalue weighted by atomic mass is 10.0. The number of carbonyl (C=O) groups excluding carboxylic acids is 1. The van der Waals surface area contributed by atoms with Crippen LogP contribution < -0.4 is 10.1 Å². The highest BCUT2D eigenvalue weighted by atomic mass is 35.5. The zero-order chi connectivity index (χ0) is 27.4. The second-order valence-corrected chi connectivity index (χ2v) is 10.1. The van der Waals surface area contributed by atoms with Gasteiger partial charge in [-0.25, -0.2) is 13.9 Å². The van der Waals surface area contributed by atoms with E-state index in [-0.39, 0.29) is 18.3 Å². The van der Waals surface area contributed by atoms with Crippen molar-refractivity contribution >= 4 is 40.9 Å². The van der Waals surface area contributed by atoms with Crippen LogP contribution in [0.4, 0.5) is 9.18 Å². The molecule has 0 spiro atoms. The van der Waals surface area contributed by atoms with Crippen LogP contribution in [0.25, 0.3) is 17.3 Å². The second-order valence-electron chi connectivity index (χ2n) is 9.25. The van der Waals surface area contributed by atoms with Crippen LogP contribution in [0.5, 0.6) is 5.88 Å². The van der Waals surface area contributed by atoms with Gasteiger partial charge in [0.1, 0.15) is 5.82 Å². The van der Waals surface area contributed by atoms with Gasteiger partial charge in [0.25, 0.3) is 0 Å². The summed E-state index contributed by atoms with van der Waals surface area (Å²) in [6.07, 6.45) is 4.39. The minimum atomic E-state index is -0.735. The Labute approximate surface area is 235 Å². The maximum absolute atomic E-state index is 13.6. The standard InChI is InChI=1S/C30H26Cl2FN3O3/c31-22-12-15-27(25(32)17-22)36-28-21(16-19-10-13-23(33)14-11-19)8-4-5-9-24(28)29(35-36)39-30(38)34-26(18-37)20-6-2-1-3-7-20/h1-3,6-7,10-17,26,37H,4-5,8-9,18H2,(H,34,38)/b21-16+/t26-/m1/s1. The molecule has 1 heterocycles. The molecule has 0 bridgehead atoms. The molecule has 5 rings (SSSR count). The van der Waals surface area contributed by atoms with E-state index < -0.39 is 12.1 Å². The Kier molecular flexibility index (Phi) is 8.31. The molecule has 4 aromatic rings. The third-order valence-corrected chi connectivity index (χ3v) is 7.13. The molecule has 6 nitrogen and oxygen atoms in total. The van der Waals surface area contributed by atoms with Crippen molar-refractivity contribution in [2.24, 2.45) is 0 Å². The Hall–Kier alpha value is -3.65. The van der Waals surface area contributed by atoms with Crippen molar-refractivity contribution in [1.82, 2.24) is 15.1 Å². The van der Waals surface area contributed by atoms with Gasteiger partial charge in [-0.1, -0.05) is 65.7 Å². The smallest absolute Gasteiger partial charge is 0.394 e. The van der Waals surface area contributed by atoms with E-state index in [1.807, 2.05) is 36.4 Å². The van der Waals surface area contributed by atoms with Gasteiger partial charge in [0.15, 0.2) is 0 Å². The van der Waals surface area contributed by atoms with Gasteiger partial charge in [-0.2, -0.15) is 0 Å². The van der Waals surface area contributed by atoms with Crippen molar-refractivity contribution in [3.05, 3.63) is 111 Å². The maximum atomic E-state index is 13.6. The molecule has 1 aliphatic rings. The second kappa shape index (κ2) is 12.0. The number of fused-ring (bicyclic) bond motifs is 1. The average Bonchev–Trinajstić information content (AvgIpc) is 3.13. The molecule has 0 aliphatic heterocycles. The van der Waals surface area contributed by atoms with E-state index in [2.05, 4.69) is 10.4 Å². The zero-order valence-corrected chi connectivity index (χ0v) is 22.4. The van der Waals surface area contributed by atoms with Crippen molar-refractivity contribution in [3.63, 3.8) is 0 Å². The van der Waals surface area contributed by atoms with Crippen LogP contribution in [0, 0.1) is 5.82 Å². The molecule has 39 heavy (non-hydrogen) atoms.